The van der Waals surface area contributed by atoms with Crippen LogP contribution in [0.15, 0.2) is 40.1 Å². The van der Waals surface area contributed by atoms with E-state index in [1.165, 1.54) is 10.8 Å². The molecule has 6 rings (SSSR count). The molecule has 0 amide bonds. The summed E-state index contributed by atoms with van der Waals surface area (Å²) in [4.78, 5) is 29.6. The van der Waals surface area contributed by atoms with Gasteiger partial charge in [0.1, 0.15) is 5.69 Å². The van der Waals surface area contributed by atoms with E-state index in [-0.39, 0.29) is 29.6 Å². The van der Waals surface area contributed by atoms with Crippen LogP contribution in [-0.4, -0.2) is 43.9 Å². The number of halogens is 6. The second kappa shape index (κ2) is 9.35. The Kier molecular flexibility index (Phi) is 6.28. The molecule has 3 aliphatic rings. The minimum absolute atomic E-state index is 0.102. The van der Waals surface area contributed by atoms with Crippen LogP contribution in [0.2, 0.25) is 0 Å². The molecule has 1 saturated carbocycles. The van der Waals surface area contributed by atoms with Gasteiger partial charge in [0.05, 0.1) is 5.56 Å². The Morgan fingerprint density at radius 2 is 1.70 bits per heavy atom. The van der Waals surface area contributed by atoms with E-state index in [0.717, 1.165) is 35.3 Å². The third-order valence-corrected chi connectivity index (χ3v) is 8.55. The maximum Gasteiger partial charge on any atom is 0.435 e. The second-order valence-corrected chi connectivity index (χ2v) is 11.1. The van der Waals surface area contributed by atoms with E-state index in [1.54, 1.807) is 12.1 Å². The summed E-state index contributed by atoms with van der Waals surface area (Å²) in [5.74, 6) is 0.362. The highest BCUT2D eigenvalue weighted by atomic mass is 19.4. The predicted octanol–water partition coefficient (Wildman–Crippen LogP) is 4.30. The number of H-pyrrole nitrogens is 1. The monoisotopic (exact) mass is 567 g/mol. The standard InChI is InChI=1S/C27H27F6N5O2/c28-26(29,30)17-8-6-16(7-9-17)25-12-18(25)13-36(15-25)10-3-11-37-14-21(23(39)34-24(37)40)38-20-5-2-1-4-19(20)22(35-38)27(31,32)33/h6-9,14,18H,1-5,10-13,15H2,(H,34,39,40)/t18-,25?/m0/s1. The van der Waals surface area contributed by atoms with Crippen molar-refractivity contribution in [1.29, 1.82) is 0 Å². The van der Waals surface area contributed by atoms with Crippen LogP contribution in [-0.2, 0) is 37.2 Å². The van der Waals surface area contributed by atoms with Crippen LogP contribution < -0.4 is 11.2 Å². The van der Waals surface area contributed by atoms with Crippen molar-refractivity contribution in [2.45, 2.75) is 62.8 Å². The molecular formula is C27H27F6N5O2. The third-order valence-electron chi connectivity index (χ3n) is 8.55. The molecule has 1 saturated heterocycles. The van der Waals surface area contributed by atoms with Gasteiger partial charge in [0.25, 0.3) is 5.56 Å². The van der Waals surface area contributed by atoms with Crippen molar-refractivity contribution in [2.75, 3.05) is 19.6 Å². The molecule has 2 atom stereocenters. The summed E-state index contributed by atoms with van der Waals surface area (Å²) in [5, 5.41) is 3.76. The van der Waals surface area contributed by atoms with Crippen LogP contribution in [0.25, 0.3) is 5.69 Å². The number of hydrogen-bond acceptors (Lipinski definition) is 4. The summed E-state index contributed by atoms with van der Waals surface area (Å²) in [5.41, 5.74) is -2.05. The molecule has 0 radical (unpaired) electrons. The molecule has 0 spiro atoms. The lowest BCUT2D eigenvalue weighted by atomic mass is 9.94. The molecule has 7 nitrogen and oxygen atoms in total. The van der Waals surface area contributed by atoms with Gasteiger partial charge in [-0.1, -0.05) is 12.1 Å². The smallest absolute Gasteiger partial charge is 0.302 e. The molecule has 0 bridgehead atoms. The van der Waals surface area contributed by atoms with Crippen molar-refractivity contribution < 1.29 is 26.3 Å². The molecule has 1 aromatic carbocycles. The maximum absolute atomic E-state index is 13.6. The summed E-state index contributed by atoms with van der Waals surface area (Å²) in [6.45, 7) is 2.35. The van der Waals surface area contributed by atoms with Crippen molar-refractivity contribution in [3.63, 3.8) is 0 Å². The van der Waals surface area contributed by atoms with Gasteiger partial charge in [-0.25, -0.2) is 9.48 Å². The molecule has 2 aromatic heterocycles. The number of aromatic amines is 1. The Balaban J connectivity index is 1.15. The highest BCUT2D eigenvalue weighted by molar-refractivity contribution is 5.40. The molecule has 13 heteroatoms. The van der Waals surface area contributed by atoms with Gasteiger partial charge in [0.2, 0.25) is 0 Å². The average molecular weight is 568 g/mol. The Morgan fingerprint density at radius 3 is 2.40 bits per heavy atom. The minimum atomic E-state index is -4.65. The molecule has 1 N–H and O–H groups in total. The van der Waals surface area contributed by atoms with E-state index >= 15 is 0 Å². The van der Waals surface area contributed by atoms with Gasteiger partial charge in [-0.2, -0.15) is 31.4 Å². The van der Waals surface area contributed by atoms with Crippen LogP contribution in [0, 0.1) is 5.92 Å². The zero-order valence-electron chi connectivity index (χ0n) is 21.4. The van der Waals surface area contributed by atoms with Gasteiger partial charge in [0.15, 0.2) is 5.69 Å². The fourth-order valence-electron chi connectivity index (χ4n) is 6.50. The predicted molar refractivity (Wildman–Crippen MR) is 132 cm³/mol. The van der Waals surface area contributed by atoms with Crippen molar-refractivity contribution in [1.82, 2.24) is 24.2 Å². The Hall–Kier alpha value is -3.35. The highest BCUT2D eigenvalue weighted by Gasteiger charge is 2.60. The molecule has 2 aliphatic carbocycles. The van der Waals surface area contributed by atoms with Gasteiger partial charge in [-0.3, -0.25) is 14.3 Å². The first-order chi connectivity index (χ1) is 18.9. The maximum atomic E-state index is 13.6. The van der Waals surface area contributed by atoms with Gasteiger partial charge >= 0.3 is 18.0 Å². The fraction of sp³-hybridized carbons (Fsp3) is 0.519. The number of piperidine rings is 1. The van der Waals surface area contributed by atoms with E-state index < -0.39 is 34.9 Å². The van der Waals surface area contributed by atoms with Crippen LogP contribution >= 0.6 is 0 Å². The normalized spacial score (nSPS) is 22.8. The zero-order chi connectivity index (χ0) is 28.4. The number of rotatable bonds is 6. The summed E-state index contributed by atoms with van der Waals surface area (Å²) >= 11 is 0. The van der Waals surface area contributed by atoms with Gasteiger partial charge in [-0.05, 0) is 68.7 Å². The number of likely N-dealkylation sites (tertiary alicyclic amines) is 1. The largest absolute Gasteiger partial charge is 0.435 e. The van der Waals surface area contributed by atoms with Crippen LogP contribution in [0.3, 0.4) is 0 Å². The minimum Gasteiger partial charge on any atom is -0.302 e. The van der Waals surface area contributed by atoms with E-state index in [0.29, 0.717) is 50.4 Å². The molecule has 1 unspecified atom stereocenters. The number of nitrogens with one attached hydrogen (secondary N) is 1. The summed E-state index contributed by atoms with van der Waals surface area (Å²) in [6, 6.07) is 5.37. The Bertz CT molecular complexity index is 1550. The van der Waals surface area contributed by atoms with Crippen LogP contribution in [0.4, 0.5) is 26.3 Å². The molecule has 40 heavy (non-hydrogen) atoms. The lowest BCUT2D eigenvalue weighted by Crippen LogP contribution is -2.34. The van der Waals surface area contributed by atoms with E-state index in [2.05, 4.69) is 15.0 Å². The van der Waals surface area contributed by atoms with E-state index in [9.17, 15) is 35.9 Å². The highest BCUT2D eigenvalue weighted by Crippen LogP contribution is 2.59. The summed E-state index contributed by atoms with van der Waals surface area (Å²) in [6.07, 6.45) is -4.43. The number of alkyl halides is 6. The summed E-state index contributed by atoms with van der Waals surface area (Å²) < 4.78 is 82.0. The van der Waals surface area contributed by atoms with Crippen molar-refractivity contribution in [3.05, 3.63) is 79.4 Å². The fourth-order valence-corrected chi connectivity index (χ4v) is 6.50. The quantitative estimate of drug-likeness (QED) is 0.451. The van der Waals surface area contributed by atoms with Crippen molar-refractivity contribution >= 4 is 0 Å². The van der Waals surface area contributed by atoms with Gasteiger partial charge < -0.3 is 4.90 Å². The first-order valence-electron chi connectivity index (χ1n) is 13.3. The number of aryl methyl sites for hydroxylation is 1. The summed E-state index contributed by atoms with van der Waals surface area (Å²) in [7, 11) is 0. The Labute approximate surface area is 224 Å². The van der Waals surface area contributed by atoms with E-state index in [4.69, 9.17) is 0 Å². The molecule has 214 valence electrons. The van der Waals surface area contributed by atoms with Crippen molar-refractivity contribution in [3.8, 4) is 5.69 Å². The average Bonchev–Trinajstić information content (AvgIpc) is 3.25. The third kappa shape index (κ3) is 4.67. The topological polar surface area (TPSA) is 75.9 Å². The number of fused-ring (bicyclic) bond motifs is 2. The molecule has 3 heterocycles. The Morgan fingerprint density at radius 1 is 0.975 bits per heavy atom. The van der Waals surface area contributed by atoms with Crippen molar-refractivity contribution in [2.24, 2.45) is 5.92 Å². The lowest BCUT2D eigenvalue weighted by molar-refractivity contribution is -0.142. The SMILES string of the molecule is O=c1[nH]c(=O)n(CCCN2C[C@@H]3CC3(c3ccc(C(F)(F)F)cc3)C2)cc1-n1nc(C(F)(F)F)c2c1CCCC2. The van der Waals surface area contributed by atoms with Gasteiger partial charge in [-0.15, -0.1) is 0 Å². The first-order valence-corrected chi connectivity index (χ1v) is 13.3. The van der Waals surface area contributed by atoms with Crippen LogP contribution in [0.1, 0.15) is 53.8 Å². The number of nitrogens with zero attached hydrogens (tertiary/aromatic N) is 4. The number of hydrogen-bond donors (Lipinski definition) is 1. The van der Waals surface area contributed by atoms with Gasteiger partial charge in [0, 0.05) is 42.5 Å². The second-order valence-electron chi connectivity index (χ2n) is 11.1. The number of benzene rings is 1. The lowest BCUT2D eigenvalue weighted by Gasteiger charge is -2.21. The zero-order valence-corrected chi connectivity index (χ0v) is 21.4. The van der Waals surface area contributed by atoms with E-state index in [1.807, 2.05) is 0 Å². The molecule has 2 fully saturated rings. The molecule has 1 aliphatic heterocycles. The number of aromatic nitrogens is 4. The molecular weight excluding hydrogens is 540 g/mol. The molecule has 3 aromatic rings. The first kappa shape index (κ1) is 26.9. The van der Waals surface area contributed by atoms with Crippen LogP contribution in [0.5, 0.6) is 0 Å².